The van der Waals surface area contributed by atoms with E-state index in [-0.39, 0.29) is 11.5 Å². The Morgan fingerprint density at radius 3 is 2.33 bits per heavy atom. The number of hydrogen-bond acceptors (Lipinski definition) is 5. The highest BCUT2D eigenvalue weighted by Crippen LogP contribution is 2.33. The van der Waals surface area contributed by atoms with Crippen LogP contribution in [-0.2, 0) is 9.53 Å². The fourth-order valence-electron chi connectivity index (χ4n) is 3.68. The molecule has 1 atom stereocenters. The number of nitrogens with zero attached hydrogens (tertiary/aromatic N) is 3. The lowest BCUT2D eigenvalue weighted by molar-refractivity contribution is -0.147. The Kier molecular flexibility index (Phi) is 6.02. The van der Waals surface area contributed by atoms with Crippen LogP contribution in [0, 0.1) is 0 Å². The number of ether oxygens (including phenoxy) is 1. The van der Waals surface area contributed by atoms with Crippen LogP contribution in [0.15, 0.2) is 0 Å². The molecule has 0 spiro atoms. The maximum Gasteiger partial charge on any atom is 0.307 e. The molecule has 0 radical (unpaired) electrons. The van der Waals surface area contributed by atoms with E-state index in [0.29, 0.717) is 13.0 Å². The summed E-state index contributed by atoms with van der Waals surface area (Å²) in [5.74, 6) is -0.0269. The standard InChI is InChI=1S/C16H31N3O2/c1-4-21-15(20)14-16(6-5-8-17(2)9-7-16)19-12-10-18(3)11-13-19/h4-14H2,1-3H3. The first-order chi connectivity index (χ1) is 10.1. The van der Waals surface area contributed by atoms with Crippen molar-refractivity contribution in [2.24, 2.45) is 0 Å². The van der Waals surface area contributed by atoms with Crippen LogP contribution in [0.25, 0.3) is 0 Å². The van der Waals surface area contributed by atoms with Gasteiger partial charge in [-0.3, -0.25) is 9.69 Å². The van der Waals surface area contributed by atoms with E-state index in [9.17, 15) is 4.79 Å². The number of likely N-dealkylation sites (N-methyl/N-ethyl adjacent to an activating group) is 1. The van der Waals surface area contributed by atoms with Crippen molar-refractivity contribution < 1.29 is 9.53 Å². The summed E-state index contributed by atoms with van der Waals surface area (Å²) in [7, 11) is 4.36. The van der Waals surface area contributed by atoms with E-state index in [1.54, 1.807) is 0 Å². The van der Waals surface area contributed by atoms with Crippen LogP contribution in [0.4, 0.5) is 0 Å². The van der Waals surface area contributed by atoms with Crippen LogP contribution >= 0.6 is 0 Å². The second kappa shape index (κ2) is 7.56. The predicted molar refractivity (Wildman–Crippen MR) is 84.4 cm³/mol. The second-order valence-corrected chi connectivity index (χ2v) is 6.65. The lowest BCUT2D eigenvalue weighted by Crippen LogP contribution is -2.57. The van der Waals surface area contributed by atoms with E-state index in [4.69, 9.17) is 4.74 Å². The molecule has 21 heavy (non-hydrogen) atoms. The number of carbonyl (C=O) groups is 1. The Hall–Kier alpha value is -0.650. The third-order valence-corrected chi connectivity index (χ3v) is 5.09. The highest BCUT2D eigenvalue weighted by Gasteiger charge is 2.40. The molecular formula is C16H31N3O2. The van der Waals surface area contributed by atoms with Gasteiger partial charge >= 0.3 is 5.97 Å². The van der Waals surface area contributed by atoms with E-state index in [1.807, 2.05) is 6.92 Å². The minimum absolute atomic E-state index is 0.0122. The quantitative estimate of drug-likeness (QED) is 0.725. The normalized spacial score (nSPS) is 30.0. The van der Waals surface area contributed by atoms with E-state index in [2.05, 4.69) is 28.8 Å². The molecule has 0 aromatic carbocycles. The third kappa shape index (κ3) is 4.41. The molecule has 0 amide bonds. The number of rotatable bonds is 4. The van der Waals surface area contributed by atoms with Gasteiger partial charge in [0.1, 0.15) is 0 Å². The van der Waals surface area contributed by atoms with E-state index >= 15 is 0 Å². The van der Waals surface area contributed by atoms with Gasteiger partial charge in [-0.1, -0.05) is 0 Å². The minimum Gasteiger partial charge on any atom is -0.466 e. The van der Waals surface area contributed by atoms with Crippen molar-refractivity contribution in [3.05, 3.63) is 0 Å². The summed E-state index contributed by atoms with van der Waals surface area (Å²) >= 11 is 0. The summed E-state index contributed by atoms with van der Waals surface area (Å²) < 4.78 is 5.26. The van der Waals surface area contributed by atoms with Gasteiger partial charge in [-0.05, 0) is 53.4 Å². The Labute approximate surface area is 129 Å². The molecule has 122 valence electrons. The van der Waals surface area contributed by atoms with Crippen molar-refractivity contribution in [3.63, 3.8) is 0 Å². The van der Waals surface area contributed by atoms with Gasteiger partial charge in [0.15, 0.2) is 0 Å². The molecule has 1 unspecified atom stereocenters. The smallest absolute Gasteiger partial charge is 0.307 e. The van der Waals surface area contributed by atoms with E-state index < -0.39 is 0 Å². The van der Waals surface area contributed by atoms with Crippen LogP contribution in [0.3, 0.4) is 0 Å². The summed E-state index contributed by atoms with van der Waals surface area (Å²) in [5, 5.41) is 0. The van der Waals surface area contributed by atoms with Crippen molar-refractivity contribution in [1.29, 1.82) is 0 Å². The molecule has 2 rings (SSSR count). The summed E-state index contributed by atoms with van der Waals surface area (Å²) in [5.41, 5.74) is 0.0122. The zero-order valence-corrected chi connectivity index (χ0v) is 13.9. The molecule has 0 aliphatic carbocycles. The molecule has 0 N–H and O–H groups in total. The van der Waals surface area contributed by atoms with Crippen LogP contribution in [0.2, 0.25) is 0 Å². The van der Waals surface area contributed by atoms with Crippen molar-refractivity contribution in [1.82, 2.24) is 14.7 Å². The van der Waals surface area contributed by atoms with E-state index in [1.165, 1.54) is 6.42 Å². The highest BCUT2D eigenvalue weighted by molar-refractivity contribution is 5.71. The molecule has 0 aromatic rings. The zero-order chi connectivity index (χ0) is 15.3. The Bertz CT molecular complexity index is 342. The monoisotopic (exact) mass is 297 g/mol. The largest absolute Gasteiger partial charge is 0.466 e. The van der Waals surface area contributed by atoms with Crippen molar-refractivity contribution in [3.8, 4) is 0 Å². The van der Waals surface area contributed by atoms with Gasteiger partial charge in [0.2, 0.25) is 0 Å². The molecular weight excluding hydrogens is 266 g/mol. The fourth-order valence-corrected chi connectivity index (χ4v) is 3.68. The first kappa shape index (κ1) is 16.7. The van der Waals surface area contributed by atoms with Gasteiger partial charge in [0, 0.05) is 31.7 Å². The number of carbonyl (C=O) groups excluding carboxylic acids is 1. The summed E-state index contributed by atoms with van der Waals surface area (Å²) in [4.78, 5) is 19.5. The maximum absolute atomic E-state index is 12.1. The van der Waals surface area contributed by atoms with Gasteiger partial charge in [0.05, 0.1) is 13.0 Å². The third-order valence-electron chi connectivity index (χ3n) is 5.09. The van der Waals surface area contributed by atoms with E-state index in [0.717, 1.165) is 52.1 Å². The lowest BCUT2D eigenvalue weighted by atomic mass is 9.84. The molecule has 2 aliphatic rings. The molecule has 2 heterocycles. The van der Waals surface area contributed by atoms with Crippen LogP contribution in [-0.4, -0.2) is 86.2 Å². The van der Waals surface area contributed by atoms with Gasteiger partial charge < -0.3 is 14.5 Å². The molecule has 5 nitrogen and oxygen atoms in total. The molecule has 0 bridgehead atoms. The summed E-state index contributed by atoms with van der Waals surface area (Å²) in [6.07, 6.45) is 3.91. The van der Waals surface area contributed by atoms with Gasteiger partial charge in [-0.25, -0.2) is 0 Å². The van der Waals surface area contributed by atoms with Crippen molar-refractivity contribution >= 4 is 5.97 Å². The highest BCUT2D eigenvalue weighted by atomic mass is 16.5. The molecule has 5 heteroatoms. The average Bonchev–Trinajstić information content (AvgIpc) is 2.63. The molecule has 2 aliphatic heterocycles. The average molecular weight is 297 g/mol. The number of hydrogen-bond donors (Lipinski definition) is 0. The molecule has 2 saturated heterocycles. The molecule has 2 fully saturated rings. The fraction of sp³-hybridized carbons (Fsp3) is 0.938. The summed E-state index contributed by atoms with van der Waals surface area (Å²) in [6, 6.07) is 0. The van der Waals surface area contributed by atoms with Gasteiger partial charge in [-0.2, -0.15) is 0 Å². The van der Waals surface area contributed by atoms with Crippen LogP contribution < -0.4 is 0 Å². The Morgan fingerprint density at radius 1 is 1.00 bits per heavy atom. The van der Waals surface area contributed by atoms with Crippen molar-refractivity contribution in [2.75, 3.05) is 60.0 Å². The maximum atomic E-state index is 12.1. The lowest BCUT2D eigenvalue weighted by Gasteiger charge is -2.47. The molecule has 0 saturated carbocycles. The number of piperazine rings is 1. The minimum atomic E-state index is -0.0269. The predicted octanol–water partition coefficient (Wildman–Crippen LogP) is 1.04. The first-order valence-corrected chi connectivity index (χ1v) is 8.33. The zero-order valence-electron chi connectivity index (χ0n) is 13.9. The summed E-state index contributed by atoms with van der Waals surface area (Å²) in [6.45, 7) is 8.92. The second-order valence-electron chi connectivity index (χ2n) is 6.65. The topological polar surface area (TPSA) is 36.0 Å². The SMILES string of the molecule is CCOC(=O)CC1(N2CCN(C)CC2)CCCN(C)CC1. The Morgan fingerprint density at radius 2 is 1.67 bits per heavy atom. The number of likely N-dealkylation sites (tertiary alicyclic amines) is 1. The van der Waals surface area contributed by atoms with Crippen molar-refractivity contribution in [2.45, 2.75) is 38.1 Å². The van der Waals surface area contributed by atoms with Gasteiger partial charge in [-0.15, -0.1) is 0 Å². The first-order valence-electron chi connectivity index (χ1n) is 8.33. The molecule has 0 aromatic heterocycles. The van der Waals surface area contributed by atoms with Crippen LogP contribution in [0.1, 0.15) is 32.6 Å². The number of esters is 1. The Balaban J connectivity index is 2.10. The van der Waals surface area contributed by atoms with Crippen LogP contribution in [0.5, 0.6) is 0 Å². The van der Waals surface area contributed by atoms with Gasteiger partial charge in [0.25, 0.3) is 0 Å².